The summed E-state index contributed by atoms with van der Waals surface area (Å²) in [5.41, 5.74) is 7.10. The molecule has 0 aliphatic rings. The molecule has 0 amide bonds. The Morgan fingerprint density at radius 1 is 1.19 bits per heavy atom. The number of rotatable bonds is 0. The van der Waals surface area contributed by atoms with Crippen molar-refractivity contribution in [1.82, 2.24) is 15.2 Å². The van der Waals surface area contributed by atoms with Crippen molar-refractivity contribution in [2.75, 3.05) is 5.73 Å². The first-order valence-electron chi connectivity index (χ1n) is 4.79. The van der Waals surface area contributed by atoms with Crippen molar-refractivity contribution < 1.29 is 0 Å². The fourth-order valence-corrected chi connectivity index (χ4v) is 1.80. The number of hydrogen-bond acceptors (Lipinski definition) is 4. The van der Waals surface area contributed by atoms with Crippen molar-refractivity contribution in [2.24, 2.45) is 0 Å². The predicted octanol–water partition coefficient (Wildman–Crippen LogP) is 1.05. The Kier molecular flexibility index (Phi) is 1.67. The fourth-order valence-electron chi connectivity index (χ4n) is 1.80. The molecule has 3 aromatic rings. The van der Waals surface area contributed by atoms with Gasteiger partial charge in [0.05, 0.1) is 11.0 Å². The Morgan fingerprint density at radius 3 is 2.94 bits per heavy atom. The number of nitrogens with zero attached hydrogens (tertiary/aromatic N) is 2. The number of anilines is 1. The minimum atomic E-state index is -0.262. The first-order valence-corrected chi connectivity index (χ1v) is 4.79. The third-order valence-corrected chi connectivity index (χ3v) is 2.58. The van der Waals surface area contributed by atoms with Gasteiger partial charge in [0.2, 0.25) is 0 Å². The number of fused-ring (bicyclic) bond motifs is 3. The lowest BCUT2D eigenvalue weighted by atomic mass is 10.1. The molecule has 5 nitrogen and oxygen atoms in total. The lowest BCUT2D eigenvalue weighted by Gasteiger charge is -1.93. The maximum atomic E-state index is 11.4. The molecule has 3 N–H and O–H groups in total. The highest BCUT2D eigenvalue weighted by molar-refractivity contribution is 6.07. The van der Waals surface area contributed by atoms with Crippen LogP contribution < -0.4 is 11.3 Å². The molecule has 0 unspecified atom stereocenters. The van der Waals surface area contributed by atoms with E-state index < -0.39 is 0 Å². The molecule has 0 bridgehead atoms. The molecule has 0 saturated heterocycles. The Hall–Kier alpha value is -2.43. The Morgan fingerprint density at radius 2 is 2.06 bits per heavy atom. The highest BCUT2D eigenvalue weighted by atomic mass is 16.1. The van der Waals surface area contributed by atoms with E-state index >= 15 is 0 Å². The van der Waals surface area contributed by atoms with Gasteiger partial charge in [0.25, 0.3) is 5.56 Å². The third-order valence-electron chi connectivity index (χ3n) is 2.58. The van der Waals surface area contributed by atoms with E-state index in [0.29, 0.717) is 5.52 Å². The van der Waals surface area contributed by atoms with Gasteiger partial charge in [0.1, 0.15) is 5.69 Å². The quantitative estimate of drug-likeness (QED) is 0.583. The van der Waals surface area contributed by atoms with E-state index in [1.807, 2.05) is 6.07 Å². The van der Waals surface area contributed by atoms with Crippen molar-refractivity contribution in [3.05, 3.63) is 40.8 Å². The van der Waals surface area contributed by atoms with Crippen LogP contribution >= 0.6 is 0 Å². The van der Waals surface area contributed by atoms with E-state index in [-0.39, 0.29) is 11.2 Å². The maximum Gasteiger partial charge on any atom is 0.272 e. The topological polar surface area (TPSA) is 84.7 Å². The summed E-state index contributed by atoms with van der Waals surface area (Å²) in [6, 6.07) is 7.21. The van der Waals surface area contributed by atoms with E-state index in [9.17, 15) is 4.79 Å². The van der Waals surface area contributed by atoms with Crippen molar-refractivity contribution in [3.63, 3.8) is 0 Å². The molecule has 0 radical (unpaired) electrons. The number of hydrogen-bond donors (Lipinski definition) is 2. The first kappa shape index (κ1) is 8.84. The van der Waals surface area contributed by atoms with Gasteiger partial charge in [-0.25, -0.2) is 0 Å². The zero-order valence-corrected chi connectivity index (χ0v) is 8.27. The van der Waals surface area contributed by atoms with Crippen LogP contribution in [0.25, 0.3) is 21.8 Å². The molecule has 16 heavy (non-hydrogen) atoms. The molecule has 2 heterocycles. The van der Waals surface area contributed by atoms with Crippen LogP contribution in [0.15, 0.2) is 35.3 Å². The monoisotopic (exact) mass is 212 g/mol. The number of aromatic amines is 1. The SMILES string of the molecule is Nc1c(=O)[nH]c2c1ccc1nncccc12. The van der Waals surface area contributed by atoms with Gasteiger partial charge in [-0.2, -0.15) is 10.2 Å². The lowest BCUT2D eigenvalue weighted by Crippen LogP contribution is -2.03. The molecule has 0 fully saturated rings. The Balaban J connectivity index is 2.66. The molecule has 0 aliphatic carbocycles. The largest absolute Gasteiger partial charge is 0.394 e. The summed E-state index contributed by atoms with van der Waals surface area (Å²) in [6.07, 6.45) is 1.59. The molecule has 78 valence electrons. The predicted molar refractivity (Wildman–Crippen MR) is 62.1 cm³/mol. The third kappa shape index (κ3) is 1.08. The van der Waals surface area contributed by atoms with Crippen LogP contribution in [0.3, 0.4) is 0 Å². The summed E-state index contributed by atoms with van der Waals surface area (Å²) in [6.45, 7) is 0. The van der Waals surface area contributed by atoms with Gasteiger partial charge in [-0.3, -0.25) is 4.79 Å². The zero-order valence-electron chi connectivity index (χ0n) is 8.27. The van der Waals surface area contributed by atoms with Gasteiger partial charge in [-0.15, -0.1) is 0 Å². The van der Waals surface area contributed by atoms with Gasteiger partial charge < -0.3 is 10.7 Å². The van der Waals surface area contributed by atoms with Crippen LogP contribution in [0.1, 0.15) is 0 Å². The molecule has 0 atom stereocenters. The highest BCUT2D eigenvalue weighted by Crippen LogP contribution is 2.23. The highest BCUT2D eigenvalue weighted by Gasteiger charge is 2.08. The number of H-pyrrole nitrogens is 1. The Labute approximate surface area is 89.9 Å². The second-order valence-corrected chi connectivity index (χ2v) is 3.51. The van der Waals surface area contributed by atoms with Crippen LogP contribution in [0, 0.1) is 0 Å². The maximum absolute atomic E-state index is 11.4. The minimum absolute atomic E-state index is 0.247. The lowest BCUT2D eigenvalue weighted by molar-refractivity contribution is 1.09. The van der Waals surface area contributed by atoms with E-state index in [1.54, 1.807) is 24.4 Å². The number of nitrogen functional groups attached to an aromatic ring is 1. The number of nitrogens with two attached hydrogens (primary N) is 1. The molecular weight excluding hydrogens is 204 g/mol. The molecule has 2 aromatic heterocycles. The van der Waals surface area contributed by atoms with Crippen LogP contribution in [0.5, 0.6) is 0 Å². The van der Waals surface area contributed by atoms with Gasteiger partial charge in [-0.1, -0.05) is 0 Å². The van der Waals surface area contributed by atoms with Crippen LogP contribution in [-0.4, -0.2) is 15.2 Å². The van der Waals surface area contributed by atoms with E-state index in [2.05, 4.69) is 15.2 Å². The van der Waals surface area contributed by atoms with Gasteiger partial charge >= 0.3 is 0 Å². The summed E-state index contributed by atoms with van der Waals surface area (Å²) in [5.74, 6) is 0. The summed E-state index contributed by atoms with van der Waals surface area (Å²) < 4.78 is 0. The molecule has 0 spiro atoms. The van der Waals surface area contributed by atoms with Crippen molar-refractivity contribution in [2.45, 2.75) is 0 Å². The smallest absolute Gasteiger partial charge is 0.272 e. The van der Waals surface area contributed by atoms with Gasteiger partial charge in [-0.05, 0) is 24.3 Å². The summed E-state index contributed by atoms with van der Waals surface area (Å²) in [5, 5.41) is 9.42. The molecule has 5 heteroatoms. The number of aromatic nitrogens is 3. The average molecular weight is 212 g/mol. The zero-order chi connectivity index (χ0) is 11.1. The summed E-state index contributed by atoms with van der Waals surface area (Å²) in [4.78, 5) is 14.2. The molecular formula is C11H8N4O. The molecule has 0 saturated carbocycles. The van der Waals surface area contributed by atoms with Crippen molar-refractivity contribution >= 4 is 27.5 Å². The molecule has 1 aromatic carbocycles. The van der Waals surface area contributed by atoms with E-state index in [0.717, 1.165) is 16.3 Å². The number of nitrogens with one attached hydrogen (secondary N) is 1. The minimum Gasteiger partial charge on any atom is -0.394 e. The average Bonchev–Trinajstić information content (AvgIpc) is 2.51. The second kappa shape index (κ2) is 3.03. The van der Waals surface area contributed by atoms with Crippen LogP contribution in [0.4, 0.5) is 5.69 Å². The van der Waals surface area contributed by atoms with Crippen molar-refractivity contribution in [3.8, 4) is 0 Å². The first-order chi connectivity index (χ1) is 7.77. The Bertz CT molecular complexity index is 748. The van der Waals surface area contributed by atoms with E-state index in [1.165, 1.54) is 0 Å². The normalized spacial score (nSPS) is 11.0. The van der Waals surface area contributed by atoms with Crippen molar-refractivity contribution in [1.29, 1.82) is 0 Å². The summed E-state index contributed by atoms with van der Waals surface area (Å²) >= 11 is 0. The van der Waals surface area contributed by atoms with Crippen LogP contribution in [-0.2, 0) is 0 Å². The second-order valence-electron chi connectivity index (χ2n) is 3.51. The fraction of sp³-hybridized carbons (Fsp3) is 0. The van der Waals surface area contributed by atoms with Gasteiger partial charge in [0, 0.05) is 17.0 Å². The van der Waals surface area contributed by atoms with E-state index in [4.69, 9.17) is 5.73 Å². The van der Waals surface area contributed by atoms with Crippen LogP contribution in [0.2, 0.25) is 0 Å². The summed E-state index contributed by atoms with van der Waals surface area (Å²) in [7, 11) is 0. The number of benzene rings is 1. The standard InChI is InChI=1S/C11H8N4O/c12-9-7-3-4-8-6(2-1-5-13-15-8)10(7)14-11(9)16/h1-5H,12H2,(H,14,16). The molecule has 3 rings (SSSR count). The molecule has 0 aliphatic heterocycles. The van der Waals surface area contributed by atoms with Gasteiger partial charge in [0.15, 0.2) is 0 Å².